The average molecular weight is 553 g/mol. The van der Waals surface area contributed by atoms with Gasteiger partial charge in [-0.15, -0.1) is 0 Å². The lowest BCUT2D eigenvalue weighted by Gasteiger charge is -2.18. The van der Waals surface area contributed by atoms with E-state index in [-0.39, 0.29) is 11.3 Å². The smallest absolute Gasteiger partial charge is 0.338 e. The van der Waals surface area contributed by atoms with Crippen LogP contribution in [-0.2, 0) is 27.2 Å². The van der Waals surface area contributed by atoms with E-state index < -0.39 is 36.4 Å². The van der Waals surface area contributed by atoms with Gasteiger partial charge in [-0.1, -0.05) is 48.5 Å². The van der Waals surface area contributed by atoms with E-state index in [1.807, 2.05) is 42.5 Å². The number of hydrogen-bond donors (Lipinski definition) is 4. The molecule has 0 aliphatic rings. The molecular weight excluding hydrogens is 524 g/mol. The van der Waals surface area contributed by atoms with Crippen LogP contribution in [0.5, 0.6) is 0 Å². The van der Waals surface area contributed by atoms with E-state index in [1.165, 1.54) is 17.9 Å². The molecule has 0 unspecified atom stereocenters. The summed E-state index contributed by atoms with van der Waals surface area (Å²) in [6.07, 6.45) is 1.87. The highest BCUT2D eigenvalue weighted by atomic mass is 16.4. The molecule has 2 heterocycles. The number of fused-ring (bicyclic) bond motifs is 1. The van der Waals surface area contributed by atoms with Gasteiger partial charge in [0.1, 0.15) is 5.58 Å². The van der Waals surface area contributed by atoms with Gasteiger partial charge in [0.05, 0.1) is 19.1 Å². The highest BCUT2D eigenvalue weighted by molar-refractivity contribution is 5.88. The van der Waals surface area contributed by atoms with Crippen LogP contribution < -0.4 is 11.3 Å². The lowest BCUT2D eigenvalue weighted by Crippen LogP contribution is -2.42. The van der Waals surface area contributed by atoms with E-state index in [4.69, 9.17) is 29.3 Å². The van der Waals surface area contributed by atoms with E-state index in [2.05, 4.69) is 12.1 Å². The van der Waals surface area contributed by atoms with Gasteiger partial charge < -0.3 is 29.3 Å². The van der Waals surface area contributed by atoms with Crippen LogP contribution in [-0.4, -0.2) is 43.9 Å². The van der Waals surface area contributed by atoms with Crippen molar-refractivity contribution in [2.75, 3.05) is 0 Å². The van der Waals surface area contributed by atoms with Crippen LogP contribution in [0.2, 0.25) is 0 Å². The summed E-state index contributed by atoms with van der Waals surface area (Å²) in [6.45, 7) is 0. The Balaban J connectivity index is 0.000000214. The quantitative estimate of drug-likeness (QED) is 0.222. The number of aryl methyl sites for hydroxylation is 2. The van der Waals surface area contributed by atoms with Crippen molar-refractivity contribution in [1.82, 2.24) is 0 Å². The average Bonchev–Trinajstić information content (AvgIpc) is 2.90. The molecule has 11 nitrogen and oxygen atoms in total. The van der Waals surface area contributed by atoms with Crippen molar-refractivity contribution in [2.45, 2.75) is 37.7 Å². The lowest BCUT2D eigenvalue weighted by atomic mass is 9.96. The Morgan fingerprint density at radius 3 is 1.95 bits per heavy atom. The second-order valence-electron chi connectivity index (χ2n) is 8.53. The van der Waals surface area contributed by atoms with Crippen LogP contribution in [0.4, 0.5) is 0 Å². The van der Waals surface area contributed by atoms with Gasteiger partial charge in [-0.2, -0.15) is 0 Å². The van der Waals surface area contributed by atoms with Crippen LogP contribution in [0.25, 0.3) is 11.0 Å². The fourth-order valence-electron chi connectivity index (χ4n) is 3.44. The molecule has 4 aromatic rings. The summed E-state index contributed by atoms with van der Waals surface area (Å²) in [5.74, 6) is -5.02. The van der Waals surface area contributed by atoms with E-state index in [9.17, 15) is 24.0 Å². The molecule has 0 atom stereocenters. The number of rotatable bonds is 9. The van der Waals surface area contributed by atoms with Crippen molar-refractivity contribution < 1.29 is 43.6 Å². The summed E-state index contributed by atoms with van der Waals surface area (Å²) in [6, 6.07) is 24.5. The predicted octanol–water partition coefficient (Wildman–Crippen LogP) is 3.36. The Hall–Kier alpha value is -5.03. The number of hydrogen-bond acceptors (Lipinski definition) is 8. The van der Waals surface area contributed by atoms with E-state index in [0.29, 0.717) is 5.58 Å². The summed E-state index contributed by atoms with van der Waals surface area (Å²) in [4.78, 5) is 52.5. The third kappa shape index (κ3) is 10.8. The molecule has 40 heavy (non-hydrogen) atoms. The van der Waals surface area contributed by atoms with E-state index in [1.54, 1.807) is 18.2 Å². The first-order valence-corrected chi connectivity index (χ1v) is 12.0. The molecule has 210 valence electrons. The van der Waals surface area contributed by atoms with Crippen LogP contribution in [0.3, 0.4) is 0 Å². The predicted molar refractivity (Wildman–Crippen MR) is 143 cm³/mol. The fourth-order valence-corrected chi connectivity index (χ4v) is 3.44. The molecule has 4 rings (SSSR count). The summed E-state index contributed by atoms with van der Waals surface area (Å²) >= 11 is 0. The zero-order chi connectivity index (χ0) is 29.5. The third-order valence-corrected chi connectivity index (χ3v) is 5.38. The summed E-state index contributed by atoms with van der Waals surface area (Å²) in [7, 11) is 0. The lowest BCUT2D eigenvalue weighted by molar-refractivity contribution is -0.170. The Morgan fingerprint density at radius 2 is 1.35 bits per heavy atom. The molecule has 0 spiro atoms. The van der Waals surface area contributed by atoms with E-state index >= 15 is 0 Å². The van der Waals surface area contributed by atoms with Gasteiger partial charge in [0.2, 0.25) is 0 Å². The summed E-state index contributed by atoms with van der Waals surface area (Å²) in [5, 5.41) is 34.8. The first-order valence-electron chi connectivity index (χ1n) is 12.0. The molecule has 4 N–H and O–H groups in total. The normalized spacial score (nSPS) is 10.4. The van der Waals surface area contributed by atoms with Gasteiger partial charge in [0.25, 0.3) is 0 Å². The molecule has 0 radical (unpaired) electrons. The van der Waals surface area contributed by atoms with Gasteiger partial charge in [-0.05, 0) is 49.1 Å². The molecule has 2 aromatic carbocycles. The van der Waals surface area contributed by atoms with Crippen LogP contribution >= 0.6 is 0 Å². The maximum absolute atomic E-state index is 11.3. The molecule has 0 aliphatic heterocycles. The maximum Gasteiger partial charge on any atom is 0.338 e. The molecule has 0 saturated carbocycles. The van der Waals surface area contributed by atoms with Crippen molar-refractivity contribution in [3.05, 3.63) is 117 Å². The van der Waals surface area contributed by atoms with E-state index in [0.717, 1.165) is 30.2 Å². The Labute approximate surface area is 227 Å². The minimum atomic E-state index is -2.74. The van der Waals surface area contributed by atoms with Gasteiger partial charge >= 0.3 is 29.2 Å². The monoisotopic (exact) mass is 552 g/mol. The molecule has 0 fully saturated rings. The van der Waals surface area contributed by atoms with Crippen molar-refractivity contribution in [1.29, 1.82) is 0 Å². The number of carboxylic acids is 3. The largest absolute Gasteiger partial charge is 0.481 e. The molecule has 11 heteroatoms. The van der Waals surface area contributed by atoms with Crippen LogP contribution in [0.15, 0.2) is 104 Å². The Bertz CT molecular complexity index is 1500. The molecule has 0 amide bonds. The molecular formula is C29H28O11. The Kier molecular flexibility index (Phi) is 12.0. The SMILES string of the molecule is O=C(O)CC(O)(CC(=O)O)C(=O)O.O=c1ccc2ccccc2o1.O=c1occcc1CCCc1ccccc1. The van der Waals surface area contributed by atoms with Crippen molar-refractivity contribution in [3.63, 3.8) is 0 Å². The standard InChI is InChI=1S/C14H14O2.C9H6O2.C6H8O7/c15-14-13(10-5-11-16-14)9-4-8-12-6-2-1-3-7-12;10-9-6-5-7-3-1-2-4-8(7)11-9;7-3(8)1-6(13,5(11)12)2-4(9)10/h1-3,5-7,10-11H,4,8-9H2;1-6H;13H,1-2H2,(H,7,8)(H,9,10)(H,11,12). The number of para-hydroxylation sites is 1. The summed E-state index contributed by atoms with van der Waals surface area (Å²) < 4.78 is 9.71. The summed E-state index contributed by atoms with van der Waals surface area (Å²) in [5.41, 5.74) is -0.544. The minimum Gasteiger partial charge on any atom is -0.481 e. The maximum atomic E-state index is 11.3. The third-order valence-electron chi connectivity index (χ3n) is 5.38. The van der Waals surface area contributed by atoms with Crippen LogP contribution in [0.1, 0.15) is 30.4 Å². The molecule has 0 saturated heterocycles. The number of aliphatic hydroxyl groups is 1. The van der Waals surface area contributed by atoms with Crippen molar-refractivity contribution in [3.8, 4) is 0 Å². The van der Waals surface area contributed by atoms with Gasteiger partial charge in [0.15, 0.2) is 5.60 Å². The highest BCUT2D eigenvalue weighted by Gasteiger charge is 2.40. The zero-order valence-corrected chi connectivity index (χ0v) is 21.3. The van der Waals surface area contributed by atoms with Gasteiger partial charge in [0, 0.05) is 17.0 Å². The first-order chi connectivity index (χ1) is 19.0. The second kappa shape index (κ2) is 15.4. The molecule has 2 aromatic heterocycles. The van der Waals surface area contributed by atoms with Gasteiger partial charge in [-0.25, -0.2) is 14.4 Å². The van der Waals surface area contributed by atoms with Crippen molar-refractivity contribution in [2.24, 2.45) is 0 Å². The van der Waals surface area contributed by atoms with Crippen molar-refractivity contribution >= 4 is 28.9 Å². The molecule has 0 aliphatic carbocycles. The zero-order valence-electron chi connectivity index (χ0n) is 21.3. The fraction of sp³-hybridized carbons (Fsp3) is 0.207. The number of benzene rings is 2. The second-order valence-corrected chi connectivity index (χ2v) is 8.53. The number of aliphatic carboxylic acids is 3. The topological polar surface area (TPSA) is 193 Å². The van der Waals surface area contributed by atoms with Crippen LogP contribution in [0, 0.1) is 0 Å². The minimum absolute atomic E-state index is 0.212. The van der Waals surface area contributed by atoms with Gasteiger partial charge in [-0.3, -0.25) is 9.59 Å². The number of carbonyl (C=O) groups is 3. The number of carboxylic acid groups (broad SMARTS) is 3. The molecule has 0 bridgehead atoms. The first kappa shape index (κ1) is 31.2. The Morgan fingerprint density at radius 1 is 0.725 bits per heavy atom. The highest BCUT2D eigenvalue weighted by Crippen LogP contribution is 2.15.